The van der Waals surface area contributed by atoms with Gasteiger partial charge >= 0.3 is 0 Å². The second kappa shape index (κ2) is 18.8. The third-order valence-corrected chi connectivity index (χ3v) is 9.30. The molecule has 1 rings (SSSR count). The zero-order valence-corrected chi connectivity index (χ0v) is 25.7. The van der Waals surface area contributed by atoms with Crippen molar-refractivity contribution < 1.29 is 18.0 Å². The van der Waals surface area contributed by atoms with Gasteiger partial charge in [0.25, 0.3) is 0 Å². The normalized spacial score (nSPS) is 13.0. The van der Waals surface area contributed by atoms with Gasteiger partial charge in [-0.05, 0) is 18.6 Å². The molecule has 0 aromatic heterocycles. The minimum atomic E-state index is -3.50. The highest BCUT2D eigenvalue weighted by Crippen LogP contribution is 2.25. The van der Waals surface area contributed by atoms with Crippen LogP contribution in [0.5, 0.6) is 0 Å². The molecule has 0 fully saturated rings. The van der Waals surface area contributed by atoms with E-state index in [2.05, 4.69) is 12.2 Å². The Morgan fingerprint density at radius 2 is 1.29 bits per heavy atom. The highest BCUT2D eigenvalue weighted by Gasteiger charge is 2.39. The fraction of sp³-hybridized carbons (Fsp3) is 0.733. The van der Waals surface area contributed by atoms with Crippen LogP contribution in [0.25, 0.3) is 0 Å². The molecule has 0 saturated heterocycles. The van der Waals surface area contributed by atoms with Crippen molar-refractivity contribution in [3.63, 3.8) is 0 Å². The van der Waals surface area contributed by atoms with Crippen LogP contribution in [-0.2, 0) is 19.6 Å². The van der Waals surface area contributed by atoms with Crippen LogP contribution in [0.2, 0.25) is 0 Å². The Bertz CT molecular complexity index is 906. The van der Waals surface area contributed by atoms with Gasteiger partial charge in [0.1, 0.15) is 0 Å². The van der Waals surface area contributed by atoms with Crippen LogP contribution in [0.15, 0.2) is 30.3 Å². The average Bonchev–Trinajstić information content (AvgIpc) is 2.88. The average molecular weight is 571 g/mol. The first kappa shape index (κ1) is 34.6. The van der Waals surface area contributed by atoms with Gasteiger partial charge in [-0.3, -0.25) is 9.59 Å². The summed E-state index contributed by atoms with van der Waals surface area (Å²) in [5, 5.41) is 1.21. The molecule has 1 atom stereocenters. The Hall–Kier alpha value is -1.44. The van der Waals surface area contributed by atoms with Crippen LogP contribution < -0.4 is 5.32 Å². The van der Waals surface area contributed by atoms with Crippen molar-refractivity contribution in [2.75, 3.05) is 24.7 Å². The quantitative estimate of drug-likeness (QED) is 0.0885. The summed E-state index contributed by atoms with van der Waals surface area (Å²) in [7, 11) is -2.01. The van der Waals surface area contributed by atoms with Gasteiger partial charge in [0, 0.05) is 24.7 Å². The topological polar surface area (TPSA) is 83.6 Å². The van der Waals surface area contributed by atoms with Crippen molar-refractivity contribution in [2.45, 2.75) is 116 Å². The van der Waals surface area contributed by atoms with E-state index in [9.17, 15) is 18.0 Å². The zero-order chi connectivity index (χ0) is 28.4. The molecule has 0 heterocycles. The number of halogens is 1. The van der Waals surface area contributed by atoms with E-state index in [0.29, 0.717) is 12.1 Å². The van der Waals surface area contributed by atoms with E-state index in [-0.39, 0.29) is 12.3 Å². The van der Waals surface area contributed by atoms with Gasteiger partial charge in [-0.25, -0.2) is 12.7 Å². The van der Waals surface area contributed by atoms with Crippen LogP contribution in [0.3, 0.4) is 0 Å². The van der Waals surface area contributed by atoms with Crippen LogP contribution >= 0.6 is 11.6 Å². The number of sulfonamides is 1. The summed E-state index contributed by atoms with van der Waals surface area (Å²) >= 11 is 6.19. The molecule has 1 N–H and O–H groups in total. The van der Waals surface area contributed by atoms with Crippen molar-refractivity contribution in [1.82, 2.24) is 4.31 Å². The molecule has 218 valence electrons. The maximum Gasteiger partial charge on any atom is 0.250 e. The summed E-state index contributed by atoms with van der Waals surface area (Å²) in [5.74, 6) is -1.07. The fourth-order valence-electron chi connectivity index (χ4n) is 4.56. The molecule has 1 amide bonds. The van der Waals surface area contributed by atoms with Crippen molar-refractivity contribution in [1.29, 1.82) is 0 Å². The number of carbonyl (C=O) groups excluding carboxylic acids is 2. The molecule has 1 unspecified atom stereocenters. The number of alkyl halides is 1. The molecule has 8 heteroatoms. The predicted molar refractivity (Wildman–Crippen MR) is 160 cm³/mol. The second-order valence-corrected chi connectivity index (χ2v) is 13.8. The van der Waals surface area contributed by atoms with E-state index in [0.717, 1.165) is 19.3 Å². The summed E-state index contributed by atoms with van der Waals surface area (Å²) < 4.78 is 26.8. The number of hydrogen-bond acceptors (Lipinski definition) is 4. The number of nitrogens with zero attached hydrogens (tertiary/aromatic N) is 1. The number of hydrogen-bond donors (Lipinski definition) is 1. The van der Waals surface area contributed by atoms with E-state index in [1.807, 2.05) is 6.07 Å². The maximum atomic E-state index is 12.9. The van der Waals surface area contributed by atoms with Gasteiger partial charge in [0.2, 0.25) is 15.9 Å². The molecule has 1 aromatic carbocycles. The Morgan fingerprint density at radius 3 is 1.76 bits per heavy atom. The van der Waals surface area contributed by atoms with Gasteiger partial charge in [-0.2, -0.15) is 0 Å². The number of carbonyl (C=O) groups is 2. The lowest BCUT2D eigenvalue weighted by molar-refractivity contribution is -0.131. The minimum absolute atomic E-state index is 0.0331. The van der Waals surface area contributed by atoms with E-state index >= 15 is 0 Å². The Kier molecular flexibility index (Phi) is 17.1. The lowest BCUT2D eigenvalue weighted by Gasteiger charge is -2.30. The molecule has 0 radical (unpaired) electrons. The number of unbranched alkanes of at least 4 members (excludes halogenated alkanes) is 13. The Labute approximate surface area is 237 Å². The first-order valence-electron chi connectivity index (χ1n) is 14.5. The molecule has 0 aliphatic carbocycles. The lowest BCUT2D eigenvalue weighted by atomic mass is 9.86. The number of ketones is 1. The Morgan fingerprint density at radius 1 is 0.842 bits per heavy atom. The molecule has 38 heavy (non-hydrogen) atoms. The largest absolute Gasteiger partial charge is 0.324 e. The molecular weight excluding hydrogens is 520 g/mol. The van der Waals surface area contributed by atoms with Gasteiger partial charge < -0.3 is 5.32 Å². The third kappa shape index (κ3) is 14.1. The lowest BCUT2D eigenvalue weighted by Crippen LogP contribution is -2.46. The summed E-state index contributed by atoms with van der Waals surface area (Å²) in [5.41, 5.74) is -0.570. The molecule has 1 aromatic rings. The molecule has 0 aliphatic rings. The number of benzene rings is 1. The SMILES string of the molecule is CCCCCCCCCCCCCCCCS(=O)(=O)N(C)CC(C)(C)C(=O)C(Cl)C(=O)Nc1ccccc1. The Balaban J connectivity index is 2.28. The zero-order valence-electron chi connectivity index (χ0n) is 24.1. The number of Topliss-reactive ketones (excluding diaryl/α,β-unsaturated/α-hetero) is 1. The van der Waals surface area contributed by atoms with Crippen molar-refractivity contribution in [3.8, 4) is 0 Å². The maximum absolute atomic E-state index is 12.9. The van der Waals surface area contributed by atoms with Gasteiger partial charge in [0.05, 0.1) is 5.75 Å². The van der Waals surface area contributed by atoms with Gasteiger partial charge in [-0.1, -0.05) is 122 Å². The monoisotopic (exact) mass is 570 g/mol. The summed E-state index contributed by atoms with van der Waals surface area (Å²) in [6.45, 7) is 5.46. The first-order chi connectivity index (χ1) is 18.0. The third-order valence-electron chi connectivity index (χ3n) is 7.02. The predicted octanol–water partition coefficient (Wildman–Crippen LogP) is 7.57. The standard InChI is InChI=1S/C30H51ClN2O4S/c1-5-6-7-8-9-10-11-12-13-14-15-16-17-21-24-38(36,37)33(4)25-30(2,3)28(34)27(31)29(35)32-26-22-19-18-20-23-26/h18-20,22-23,27H,5-17,21,24-25H2,1-4H3,(H,32,35). The summed E-state index contributed by atoms with van der Waals surface area (Å²) in [6, 6.07) is 8.76. The van der Waals surface area contributed by atoms with Crippen LogP contribution in [0, 0.1) is 5.41 Å². The van der Waals surface area contributed by atoms with E-state index in [1.165, 1.54) is 75.6 Å². The molecule has 6 nitrogen and oxygen atoms in total. The summed E-state index contributed by atoms with van der Waals surface area (Å²) in [4.78, 5) is 25.4. The molecule has 0 aliphatic heterocycles. The van der Waals surface area contributed by atoms with Crippen LogP contribution in [-0.4, -0.2) is 49.1 Å². The van der Waals surface area contributed by atoms with E-state index in [4.69, 9.17) is 11.6 Å². The van der Waals surface area contributed by atoms with E-state index in [1.54, 1.807) is 38.1 Å². The van der Waals surface area contributed by atoms with Gasteiger partial charge in [0.15, 0.2) is 11.2 Å². The minimum Gasteiger partial charge on any atom is -0.324 e. The fourth-order valence-corrected chi connectivity index (χ4v) is 6.31. The van der Waals surface area contributed by atoms with Crippen LogP contribution in [0.4, 0.5) is 5.69 Å². The highest BCUT2D eigenvalue weighted by atomic mass is 35.5. The second-order valence-electron chi connectivity index (χ2n) is 11.1. The number of nitrogens with one attached hydrogen (secondary N) is 1. The van der Waals surface area contributed by atoms with Crippen molar-refractivity contribution >= 4 is 39.0 Å². The van der Waals surface area contributed by atoms with Crippen LogP contribution in [0.1, 0.15) is 111 Å². The smallest absolute Gasteiger partial charge is 0.250 e. The molecule has 0 bridgehead atoms. The van der Waals surface area contributed by atoms with E-state index < -0.39 is 32.5 Å². The summed E-state index contributed by atoms with van der Waals surface area (Å²) in [6.07, 6.45) is 16.9. The number of rotatable bonds is 22. The first-order valence-corrected chi connectivity index (χ1v) is 16.5. The number of anilines is 1. The highest BCUT2D eigenvalue weighted by molar-refractivity contribution is 7.89. The molecule has 0 saturated carbocycles. The van der Waals surface area contributed by atoms with Crippen molar-refractivity contribution in [2.24, 2.45) is 5.41 Å². The van der Waals surface area contributed by atoms with Gasteiger partial charge in [-0.15, -0.1) is 11.6 Å². The van der Waals surface area contributed by atoms with Crippen molar-refractivity contribution in [3.05, 3.63) is 30.3 Å². The molecular formula is C30H51ClN2O4S. The number of para-hydroxylation sites is 1. The molecule has 0 spiro atoms. The number of amides is 1.